The zero-order chi connectivity index (χ0) is 37.9. The predicted octanol–water partition coefficient (Wildman–Crippen LogP) is 15.2. The molecule has 7 heteroatoms. The van der Waals surface area contributed by atoms with Crippen molar-refractivity contribution < 1.29 is 13.6 Å². The lowest BCUT2D eigenvalue weighted by atomic mass is 9.80. The predicted molar refractivity (Wildman–Crippen MR) is 215 cm³/mol. The van der Waals surface area contributed by atoms with Gasteiger partial charge in [0.05, 0.1) is 15.1 Å². The van der Waals surface area contributed by atoms with Crippen LogP contribution in [0, 0.1) is 0 Å². The molecule has 0 aromatic heterocycles. The molecule has 0 amide bonds. The Balaban J connectivity index is 2.37. The Labute approximate surface area is 314 Å². The molecule has 0 fully saturated rings. The van der Waals surface area contributed by atoms with E-state index in [1.54, 1.807) is 0 Å². The minimum atomic E-state index is -2.19. The summed E-state index contributed by atoms with van der Waals surface area (Å²) in [6.45, 7) is 39.0. The zero-order valence-corrected chi connectivity index (χ0v) is 36.4. The lowest BCUT2D eigenvalue weighted by Gasteiger charge is -2.32. The van der Waals surface area contributed by atoms with Crippen molar-refractivity contribution in [1.29, 1.82) is 0 Å². The summed E-state index contributed by atoms with van der Waals surface area (Å²) < 4.78 is 20.7. The monoisotopic (exact) mass is 748 g/mol. The molecule has 0 radical (unpaired) electrons. The van der Waals surface area contributed by atoms with Gasteiger partial charge in [0.25, 0.3) is 0 Å². The third-order valence-electron chi connectivity index (χ3n) is 8.65. The summed E-state index contributed by atoms with van der Waals surface area (Å²) in [7, 11) is -2.19. The maximum Gasteiger partial charge on any atom is 0.530 e. The summed E-state index contributed by atoms with van der Waals surface area (Å²) in [5.74, 6) is 1.56. The number of hydrogen-bond acceptors (Lipinski definition) is 3. The molecule has 0 heterocycles. The molecule has 3 aromatic carbocycles. The highest BCUT2D eigenvalue weighted by molar-refractivity contribution is 7.43. The minimum Gasteiger partial charge on any atom is -0.407 e. The molecule has 0 spiro atoms. The van der Waals surface area contributed by atoms with Crippen LogP contribution >= 0.6 is 43.4 Å². The SMILES string of the molecule is CC(C)(C)c1cc(Cl)c(OP(Oc2c(Cl)cc(C(C)(C)C)cc2C(C)(C)C)Oc2c(Cl)cc(C(C)(C)C)cc2C(C)(C)C)c(C(C)(C)C)c1. The van der Waals surface area contributed by atoms with Crippen LogP contribution in [0.15, 0.2) is 36.4 Å². The van der Waals surface area contributed by atoms with E-state index in [1.807, 2.05) is 18.2 Å². The number of halogens is 3. The lowest BCUT2D eigenvalue weighted by Crippen LogP contribution is -2.20. The van der Waals surface area contributed by atoms with Gasteiger partial charge in [-0.1, -0.05) is 178 Å². The first-order valence-electron chi connectivity index (χ1n) is 17.2. The highest BCUT2D eigenvalue weighted by Gasteiger charge is 2.35. The highest BCUT2D eigenvalue weighted by atomic mass is 35.5. The second kappa shape index (κ2) is 14.1. The molecule has 0 saturated carbocycles. The van der Waals surface area contributed by atoms with Crippen LogP contribution < -0.4 is 13.6 Å². The van der Waals surface area contributed by atoms with E-state index in [9.17, 15) is 0 Å². The third-order valence-corrected chi connectivity index (χ3v) is 10.5. The van der Waals surface area contributed by atoms with Crippen molar-refractivity contribution in [3.8, 4) is 17.2 Å². The van der Waals surface area contributed by atoms with Gasteiger partial charge in [-0.05, 0) is 67.4 Å². The second-order valence-corrected chi connectivity index (χ2v) is 21.7. The topological polar surface area (TPSA) is 27.7 Å². The van der Waals surface area contributed by atoms with Gasteiger partial charge in [-0.2, -0.15) is 0 Å². The third kappa shape index (κ3) is 10.2. The van der Waals surface area contributed by atoms with Crippen molar-refractivity contribution >= 4 is 43.4 Å². The van der Waals surface area contributed by atoms with Gasteiger partial charge in [0.15, 0.2) is 17.2 Å². The smallest absolute Gasteiger partial charge is 0.407 e. The van der Waals surface area contributed by atoms with Gasteiger partial charge >= 0.3 is 8.60 Å². The van der Waals surface area contributed by atoms with E-state index in [1.165, 1.54) is 0 Å². The van der Waals surface area contributed by atoms with Gasteiger partial charge in [-0.15, -0.1) is 0 Å². The molecule has 0 aliphatic rings. The van der Waals surface area contributed by atoms with E-state index in [0.717, 1.165) is 33.4 Å². The largest absolute Gasteiger partial charge is 0.530 e. The highest BCUT2D eigenvalue weighted by Crippen LogP contribution is 2.54. The van der Waals surface area contributed by atoms with E-state index in [-0.39, 0.29) is 32.5 Å². The van der Waals surface area contributed by atoms with Crippen LogP contribution in [0.4, 0.5) is 0 Å². The molecular weight excluding hydrogens is 690 g/mol. The Bertz CT molecular complexity index is 1470. The molecule has 49 heavy (non-hydrogen) atoms. The molecule has 0 atom stereocenters. The summed E-state index contributed by atoms with van der Waals surface area (Å²) in [5, 5.41) is 1.48. The number of hydrogen-bond donors (Lipinski definition) is 0. The van der Waals surface area contributed by atoms with E-state index >= 15 is 0 Å². The van der Waals surface area contributed by atoms with Crippen molar-refractivity contribution in [2.45, 2.75) is 157 Å². The van der Waals surface area contributed by atoms with Crippen LogP contribution in [0.2, 0.25) is 15.1 Å². The summed E-state index contributed by atoms with van der Waals surface area (Å²) in [5.41, 5.74) is 4.98. The Hall–Kier alpha value is -1.64. The van der Waals surface area contributed by atoms with E-state index < -0.39 is 8.60 Å². The molecule has 0 aliphatic carbocycles. The molecule has 0 saturated heterocycles. The molecule has 3 nitrogen and oxygen atoms in total. The Morgan fingerprint density at radius 1 is 0.347 bits per heavy atom. The van der Waals surface area contributed by atoms with Crippen molar-refractivity contribution in [3.05, 3.63) is 84.8 Å². The molecule has 272 valence electrons. The Morgan fingerprint density at radius 2 is 0.551 bits per heavy atom. The average Bonchev–Trinajstić information content (AvgIpc) is 2.87. The fourth-order valence-electron chi connectivity index (χ4n) is 5.31. The minimum absolute atomic E-state index is 0.117. The second-order valence-electron chi connectivity index (χ2n) is 19.5. The maximum atomic E-state index is 7.13. The zero-order valence-electron chi connectivity index (χ0n) is 33.3. The first-order chi connectivity index (χ1) is 21.8. The average molecular weight is 750 g/mol. The van der Waals surface area contributed by atoms with Gasteiger partial charge < -0.3 is 13.6 Å². The summed E-state index contributed by atoms with van der Waals surface area (Å²) >= 11 is 21.4. The van der Waals surface area contributed by atoms with Crippen molar-refractivity contribution in [2.24, 2.45) is 0 Å². The molecule has 0 unspecified atom stereocenters. The Morgan fingerprint density at radius 3 is 0.714 bits per heavy atom. The van der Waals surface area contributed by atoms with Crippen LogP contribution in [0.5, 0.6) is 17.2 Å². The lowest BCUT2D eigenvalue weighted by molar-refractivity contribution is 0.372. The van der Waals surface area contributed by atoms with Crippen molar-refractivity contribution in [3.63, 3.8) is 0 Å². The molecule has 3 rings (SSSR count). The Kier molecular flexibility index (Phi) is 12.0. The first kappa shape index (κ1) is 41.8. The van der Waals surface area contributed by atoms with Crippen molar-refractivity contribution in [2.75, 3.05) is 0 Å². The van der Waals surface area contributed by atoms with Crippen LogP contribution in [0.1, 0.15) is 158 Å². The van der Waals surface area contributed by atoms with Crippen LogP contribution in [0.3, 0.4) is 0 Å². The number of benzene rings is 3. The van der Waals surface area contributed by atoms with Gasteiger partial charge in [-0.3, -0.25) is 0 Å². The molecular formula is C42H60Cl3O3P. The van der Waals surface area contributed by atoms with E-state index in [2.05, 4.69) is 143 Å². The maximum absolute atomic E-state index is 7.13. The van der Waals surface area contributed by atoms with Crippen LogP contribution in [-0.4, -0.2) is 0 Å². The molecule has 3 aromatic rings. The fourth-order valence-corrected chi connectivity index (χ4v) is 7.39. The van der Waals surface area contributed by atoms with Crippen molar-refractivity contribution in [1.82, 2.24) is 0 Å². The first-order valence-corrected chi connectivity index (χ1v) is 19.4. The van der Waals surface area contributed by atoms with Crippen LogP contribution in [0.25, 0.3) is 0 Å². The summed E-state index contributed by atoms with van der Waals surface area (Å²) in [4.78, 5) is 0. The van der Waals surface area contributed by atoms with E-state index in [4.69, 9.17) is 48.4 Å². The molecule has 0 N–H and O–H groups in total. The quantitative estimate of drug-likeness (QED) is 0.235. The normalized spacial score (nSPS) is 13.6. The van der Waals surface area contributed by atoms with Gasteiger partial charge in [0.2, 0.25) is 0 Å². The van der Waals surface area contributed by atoms with Gasteiger partial charge in [0.1, 0.15) is 0 Å². The van der Waals surface area contributed by atoms with E-state index in [0.29, 0.717) is 32.3 Å². The summed E-state index contributed by atoms with van der Waals surface area (Å²) in [6, 6.07) is 12.5. The van der Waals surface area contributed by atoms with Crippen LogP contribution in [-0.2, 0) is 32.5 Å². The summed E-state index contributed by atoms with van der Waals surface area (Å²) in [6.07, 6.45) is 0. The van der Waals surface area contributed by atoms with Gasteiger partial charge in [-0.25, -0.2) is 0 Å². The molecule has 0 bridgehead atoms. The molecule has 0 aliphatic heterocycles. The standard InChI is InChI=1S/C42H60Cl3O3P/c1-37(2,3)25-19-28(40(10,11)12)34(31(43)22-25)46-49(47-35-29(41(13,14)15)20-26(23-32(35)44)38(4,5)6)48-36-30(42(16,17)18)21-27(24-33(36)45)39(7,8)9/h19-24H,1-18H3. The fraction of sp³-hybridized carbons (Fsp3) is 0.571. The number of rotatable bonds is 6. The van der Waals surface area contributed by atoms with Gasteiger partial charge in [0, 0.05) is 16.7 Å².